The molecule has 0 fully saturated rings. The summed E-state index contributed by atoms with van der Waals surface area (Å²) >= 11 is 0. The number of hydrogen-bond donors (Lipinski definition) is 2. The Kier molecular flexibility index (Phi) is 2.73. The lowest BCUT2D eigenvalue weighted by Gasteiger charge is -2.01. The van der Waals surface area contributed by atoms with Crippen LogP contribution in [0.2, 0.25) is 0 Å². The molecule has 0 saturated carbocycles. The molecule has 62 valence electrons. The summed E-state index contributed by atoms with van der Waals surface area (Å²) in [6, 6.07) is 7.95. The average Bonchev–Trinajstić information content (AvgIpc) is 2.05. The molecule has 2 heteroatoms. The van der Waals surface area contributed by atoms with Gasteiger partial charge in [0.2, 0.25) is 0 Å². The van der Waals surface area contributed by atoms with E-state index in [0.29, 0.717) is 0 Å². The topological polar surface area (TPSA) is 46.2 Å². The van der Waals surface area contributed by atoms with Gasteiger partial charge in [-0.15, -0.1) is 0 Å². The normalized spacial score (nSPS) is 8.83. The molecule has 0 bridgehead atoms. The van der Waals surface area contributed by atoms with Crippen molar-refractivity contribution in [3.8, 4) is 12.0 Å². The molecule has 3 N–H and O–H groups in total. The van der Waals surface area contributed by atoms with Gasteiger partial charge in [-0.2, -0.15) is 0 Å². The Morgan fingerprint density at radius 1 is 1.50 bits per heavy atom. The molecule has 0 heterocycles. The average molecular weight is 161 g/mol. The molecular weight excluding hydrogens is 150 g/mol. The molecule has 0 spiro atoms. The van der Waals surface area contributed by atoms with Gasteiger partial charge >= 0.3 is 0 Å². The molecular formula is C10H11NO. The predicted octanol–water partition coefficient (Wildman–Crippen LogP) is 0.755. The van der Waals surface area contributed by atoms with E-state index in [4.69, 9.17) is 10.8 Å². The van der Waals surface area contributed by atoms with Crippen LogP contribution in [0.3, 0.4) is 0 Å². The Bertz CT molecular complexity index is 333. The van der Waals surface area contributed by atoms with Crippen LogP contribution in [0, 0.1) is 18.9 Å². The first kappa shape index (κ1) is 8.63. The van der Waals surface area contributed by atoms with Crippen LogP contribution >= 0.6 is 0 Å². The molecule has 2 nitrogen and oxygen atoms in total. The lowest BCUT2D eigenvalue weighted by molar-refractivity contribution is 0.281. The Balaban J connectivity index is 3.07. The lowest BCUT2D eigenvalue weighted by atomic mass is 10.1. The predicted molar refractivity (Wildman–Crippen MR) is 48.2 cm³/mol. The summed E-state index contributed by atoms with van der Waals surface area (Å²) < 4.78 is 0. The van der Waals surface area contributed by atoms with Crippen molar-refractivity contribution in [3.05, 3.63) is 34.9 Å². The maximum Gasteiger partial charge on any atom is 0.0684 e. The van der Waals surface area contributed by atoms with Crippen molar-refractivity contribution >= 4 is 0 Å². The highest BCUT2D eigenvalue weighted by atomic mass is 16.3. The second kappa shape index (κ2) is 3.80. The summed E-state index contributed by atoms with van der Waals surface area (Å²) in [6.07, 6.45) is 0. The van der Waals surface area contributed by atoms with Crippen LogP contribution < -0.4 is 5.73 Å². The van der Waals surface area contributed by atoms with Gasteiger partial charge in [-0.3, -0.25) is 0 Å². The Hall–Kier alpha value is -1.46. The molecule has 12 heavy (non-hydrogen) atoms. The van der Waals surface area contributed by atoms with Gasteiger partial charge in [0.25, 0.3) is 0 Å². The third-order valence-corrected chi connectivity index (χ3v) is 1.73. The van der Waals surface area contributed by atoms with E-state index in [9.17, 15) is 0 Å². The molecule has 1 rings (SSSR count). The van der Waals surface area contributed by atoms with Crippen molar-refractivity contribution in [1.29, 1.82) is 0 Å². The first-order valence-electron chi connectivity index (χ1n) is 3.70. The van der Waals surface area contributed by atoms with E-state index in [2.05, 4.69) is 12.0 Å². The van der Waals surface area contributed by atoms with Crippen LogP contribution in [0.4, 0.5) is 0 Å². The Labute approximate surface area is 72.0 Å². The molecule has 0 saturated heterocycles. The molecule has 1 aromatic rings. The second-order valence-electron chi connectivity index (χ2n) is 2.57. The van der Waals surface area contributed by atoms with E-state index < -0.39 is 0 Å². The van der Waals surface area contributed by atoms with Crippen molar-refractivity contribution in [1.82, 2.24) is 0 Å². The minimum Gasteiger partial charge on any atom is -0.392 e. The quantitative estimate of drug-likeness (QED) is 0.471. The van der Waals surface area contributed by atoms with E-state index in [1.807, 2.05) is 25.1 Å². The molecule has 0 radical (unpaired) electrons. The van der Waals surface area contributed by atoms with Crippen molar-refractivity contribution in [3.63, 3.8) is 0 Å². The number of aliphatic hydroxyl groups excluding tert-OH is 1. The number of nitrogens with two attached hydrogens (primary N) is 1. The Morgan fingerprint density at radius 2 is 2.25 bits per heavy atom. The van der Waals surface area contributed by atoms with Crippen molar-refractivity contribution in [2.24, 2.45) is 5.73 Å². The van der Waals surface area contributed by atoms with Crippen LogP contribution in [-0.4, -0.2) is 5.11 Å². The summed E-state index contributed by atoms with van der Waals surface area (Å²) in [6.45, 7) is 2.01. The van der Waals surface area contributed by atoms with Gasteiger partial charge in [-0.25, -0.2) is 0 Å². The molecule has 0 aliphatic heterocycles. The van der Waals surface area contributed by atoms with Gasteiger partial charge in [-0.05, 0) is 36.1 Å². The SMILES string of the molecule is Cc1cc(C#CN)ccc1CO. The van der Waals surface area contributed by atoms with E-state index >= 15 is 0 Å². The highest BCUT2D eigenvalue weighted by molar-refractivity contribution is 5.39. The molecule has 0 atom stereocenters. The standard InChI is InChI=1S/C10H11NO/c1-8-6-9(4-5-11)2-3-10(8)7-12/h2-3,6,12H,7,11H2,1H3. The monoisotopic (exact) mass is 161 g/mol. The number of aliphatic hydroxyl groups is 1. The van der Waals surface area contributed by atoms with Gasteiger partial charge < -0.3 is 10.8 Å². The molecule has 0 aromatic heterocycles. The fraction of sp³-hybridized carbons (Fsp3) is 0.200. The van der Waals surface area contributed by atoms with E-state index in [1.54, 1.807) is 0 Å². The van der Waals surface area contributed by atoms with Gasteiger partial charge in [0.05, 0.1) is 6.61 Å². The van der Waals surface area contributed by atoms with Crippen LogP contribution in [0.15, 0.2) is 18.2 Å². The minimum atomic E-state index is 0.0716. The summed E-state index contributed by atoms with van der Waals surface area (Å²) in [5.41, 5.74) is 7.92. The van der Waals surface area contributed by atoms with Gasteiger partial charge in [0.1, 0.15) is 0 Å². The first-order valence-corrected chi connectivity index (χ1v) is 3.70. The fourth-order valence-corrected chi connectivity index (χ4v) is 1.03. The molecule has 1 aromatic carbocycles. The van der Waals surface area contributed by atoms with Crippen LogP contribution in [-0.2, 0) is 6.61 Å². The molecule has 0 aliphatic rings. The summed E-state index contributed by atoms with van der Waals surface area (Å²) in [5.74, 6) is 2.75. The van der Waals surface area contributed by atoms with Crippen LogP contribution in [0.5, 0.6) is 0 Å². The van der Waals surface area contributed by atoms with E-state index in [1.165, 1.54) is 0 Å². The fourth-order valence-electron chi connectivity index (χ4n) is 1.03. The number of benzene rings is 1. The molecule has 0 aliphatic carbocycles. The van der Waals surface area contributed by atoms with Crippen LogP contribution in [0.1, 0.15) is 16.7 Å². The molecule has 0 unspecified atom stereocenters. The zero-order chi connectivity index (χ0) is 8.97. The summed E-state index contributed by atoms with van der Waals surface area (Å²) in [4.78, 5) is 0. The van der Waals surface area contributed by atoms with E-state index in [-0.39, 0.29) is 6.61 Å². The maximum atomic E-state index is 8.88. The van der Waals surface area contributed by atoms with Gasteiger partial charge in [-0.1, -0.05) is 6.07 Å². The third kappa shape index (κ3) is 1.77. The van der Waals surface area contributed by atoms with E-state index in [0.717, 1.165) is 16.7 Å². The zero-order valence-electron chi connectivity index (χ0n) is 6.96. The van der Waals surface area contributed by atoms with Crippen molar-refractivity contribution in [2.75, 3.05) is 0 Å². The second-order valence-corrected chi connectivity index (χ2v) is 2.57. The molecule has 0 amide bonds. The number of aryl methyl sites for hydroxylation is 1. The third-order valence-electron chi connectivity index (χ3n) is 1.73. The minimum absolute atomic E-state index is 0.0716. The van der Waals surface area contributed by atoms with Gasteiger partial charge in [0, 0.05) is 11.6 Å². The largest absolute Gasteiger partial charge is 0.392 e. The number of hydrogen-bond acceptors (Lipinski definition) is 2. The summed E-state index contributed by atoms with van der Waals surface area (Å²) in [5, 5.41) is 8.88. The Morgan fingerprint density at radius 3 is 2.75 bits per heavy atom. The summed E-state index contributed by atoms with van der Waals surface area (Å²) in [7, 11) is 0. The maximum absolute atomic E-state index is 8.88. The highest BCUT2D eigenvalue weighted by Crippen LogP contribution is 2.09. The van der Waals surface area contributed by atoms with Gasteiger partial charge in [0.15, 0.2) is 0 Å². The number of rotatable bonds is 1. The van der Waals surface area contributed by atoms with Crippen LogP contribution in [0.25, 0.3) is 0 Å². The van der Waals surface area contributed by atoms with Crippen molar-refractivity contribution < 1.29 is 5.11 Å². The van der Waals surface area contributed by atoms with Crippen molar-refractivity contribution in [2.45, 2.75) is 13.5 Å². The lowest BCUT2D eigenvalue weighted by Crippen LogP contribution is -1.89. The zero-order valence-corrected chi connectivity index (χ0v) is 6.96. The smallest absolute Gasteiger partial charge is 0.0684 e. The highest BCUT2D eigenvalue weighted by Gasteiger charge is 1.96. The first-order chi connectivity index (χ1) is 5.77.